The van der Waals surface area contributed by atoms with Gasteiger partial charge in [0.15, 0.2) is 0 Å². The van der Waals surface area contributed by atoms with E-state index in [9.17, 15) is 9.59 Å². The molecule has 0 spiro atoms. The lowest BCUT2D eigenvalue weighted by Gasteiger charge is -2.26. The van der Waals surface area contributed by atoms with Gasteiger partial charge in [-0.15, -0.1) is 0 Å². The van der Waals surface area contributed by atoms with Gasteiger partial charge in [0.1, 0.15) is 0 Å². The summed E-state index contributed by atoms with van der Waals surface area (Å²) in [5.41, 5.74) is 6.22. The van der Waals surface area contributed by atoms with E-state index in [-0.39, 0.29) is 11.3 Å². The van der Waals surface area contributed by atoms with Crippen molar-refractivity contribution in [2.45, 2.75) is 26.8 Å². The van der Waals surface area contributed by atoms with Crippen molar-refractivity contribution >= 4 is 17.6 Å². The molecule has 0 aliphatic heterocycles. The van der Waals surface area contributed by atoms with Crippen LogP contribution >= 0.6 is 0 Å². The summed E-state index contributed by atoms with van der Waals surface area (Å²) in [6.45, 7) is 5.64. The van der Waals surface area contributed by atoms with Crippen molar-refractivity contribution in [2.75, 3.05) is 12.4 Å². The molecule has 0 heterocycles. The van der Waals surface area contributed by atoms with Crippen LogP contribution in [0.1, 0.15) is 31.1 Å². The van der Waals surface area contributed by atoms with Crippen molar-refractivity contribution in [1.82, 2.24) is 0 Å². The first kappa shape index (κ1) is 15.2. The number of anilines is 1. The van der Waals surface area contributed by atoms with Gasteiger partial charge >= 0.3 is 5.97 Å². The van der Waals surface area contributed by atoms with E-state index in [2.05, 4.69) is 10.1 Å². The van der Waals surface area contributed by atoms with E-state index in [0.717, 1.165) is 0 Å². The van der Waals surface area contributed by atoms with Crippen molar-refractivity contribution in [1.29, 1.82) is 0 Å². The topological polar surface area (TPSA) is 81.4 Å². The summed E-state index contributed by atoms with van der Waals surface area (Å²) in [5.74, 6) is -0.830. The molecule has 0 aromatic heterocycles. The second kappa shape index (κ2) is 5.84. The molecule has 5 nitrogen and oxygen atoms in total. The Morgan fingerprint density at radius 1 is 1.26 bits per heavy atom. The van der Waals surface area contributed by atoms with Crippen LogP contribution in [-0.2, 0) is 9.53 Å². The molecule has 0 fully saturated rings. The van der Waals surface area contributed by atoms with E-state index in [1.165, 1.54) is 7.11 Å². The van der Waals surface area contributed by atoms with Crippen LogP contribution in [0.25, 0.3) is 0 Å². The number of methoxy groups -OCH3 is 1. The molecule has 0 saturated heterocycles. The first-order valence-electron chi connectivity index (χ1n) is 6.01. The molecule has 5 heteroatoms. The fraction of sp³-hybridized carbons (Fsp3) is 0.429. The zero-order chi connectivity index (χ0) is 14.6. The lowest BCUT2D eigenvalue weighted by molar-refractivity contribution is -0.119. The van der Waals surface area contributed by atoms with Crippen molar-refractivity contribution in [3.05, 3.63) is 29.8 Å². The molecule has 3 N–H and O–H groups in total. The van der Waals surface area contributed by atoms with Crippen LogP contribution in [0.15, 0.2) is 24.3 Å². The Morgan fingerprint density at radius 3 is 2.37 bits per heavy atom. The van der Waals surface area contributed by atoms with Gasteiger partial charge in [0.25, 0.3) is 0 Å². The number of para-hydroxylation sites is 1. The van der Waals surface area contributed by atoms with Crippen LogP contribution in [0.3, 0.4) is 0 Å². The van der Waals surface area contributed by atoms with E-state index >= 15 is 0 Å². The predicted octanol–water partition coefficient (Wildman–Crippen LogP) is 1.79. The average molecular weight is 264 g/mol. The SMILES string of the molecule is COC(=O)c1ccccc1NC(=O)C(N)C(C)(C)C. The smallest absolute Gasteiger partial charge is 0.339 e. The third-order valence-electron chi connectivity index (χ3n) is 2.81. The highest BCUT2D eigenvalue weighted by atomic mass is 16.5. The molecule has 1 aromatic rings. The Morgan fingerprint density at radius 2 is 1.84 bits per heavy atom. The van der Waals surface area contributed by atoms with Crippen molar-refractivity contribution in [3.8, 4) is 0 Å². The second-order valence-corrected chi connectivity index (χ2v) is 5.37. The van der Waals surface area contributed by atoms with Crippen LogP contribution in [0.5, 0.6) is 0 Å². The third kappa shape index (κ3) is 3.79. The molecular formula is C14H20N2O3. The van der Waals surface area contributed by atoms with Crippen molar-refractivity contribution in [2.24, 2.45) is 11.1 Å². The highest BCUT2D eigenvalue weighted by Crippen LogP contribution is 2.21. The number of esters is 1. The lowest BCUT2D eigenvalue weighted by Crippen LogP contribution is -2.45. The largest absolute Gasteiger partial charge is 0.465 e. The van der Waals surface area contributed by atoms with Gasteiger partial charge in [-0.05, 0) is 17.5 Å². The third-order valence-corrected chi connectivity index (χ3v) is 2.81. The molecule has 1 aromatic carbocycles. The molecule has 0 aliphatic rings. The van der Waals surface area contributed by atoms with Gasteiger partial charge in [-0.25, -0.2) is 4.79 Å². The lowest BCUT2D eigenvalue weighted by atomic mass is 9.87. The van der Waals surface area contributed by atoms with Crippen LogP contribution in [0.2, 0.25) is 0 Å². The summed E-state index contributed by atoms with van der Waals surface area (Å²) in [5, 5.41) is 2.67. The van der Waals surface area contributed by atoms with Crippen LogP contribution in [0.4, 0.5) is 5.69 Å². The molecule has 0 aliphatic carbocycles. The summed E-state index contributed by atoms with van der Waals surface area (Å²) in [6.07, 6.45) is 0. The van der Waals surface area contributed by atoms with Gasteiger partial charge in [0.2, 0.25) is 5.91 Å². The molecule has 0 bridgehead atoms. The number of ether oxygens (including phenoxy) is 1. The van der Waals surface area contributed by atoms with Gasteiger partial charge < -0.3 is 15.8 Å². The van der Waals surface area contributed by atoms with Crippen molar-refractivity contribution < 1.29 is 14.3 Å². The van der Waals surface area contributed by atoms with Gasteiger partial charge in [-0.1, -0.05) is 32.9 Å². The van der Waals surface area contributed by atoms with Gasteiger partial charge in [-0.2, -0.15) is 0 Å². The van der Waals surface area contributed by atoms with E-state index in [4.69, 9.17) is 5.73 Å². The standard InChI is InChI=1S/C14H20N2O3/c1-14(2,3)11(15)12(17)16-10-8-6-5-7-9(10)13(18)19-4/h5-8,11H,15H2,1-4H3,(H,16,17). The number of hydrogen-bond acceptors (Lipinski definition) is 4. The zero-order valence-corrected chi connectivity index (χ0v) is 11.7. The minimum atomic E-state index is -0.668. The Hall–Kier alpha value is -1.88. The normalized spacial score (nSPS) is 12.7. The average Bonchev–Trinajstić information content (AvgIpc) is 2.36. The summed E-state index contributed by atoms with van der Waals surface area (Å²) in [7, 11) is 1.29. The first-order valence-corrected chi connectivity index (χ1v) is 6.01. The summed E-state index contributed by atoms with van der Waals surface area (Å²) in [6, 6.07) is 5.98. The van der Waals surface area contributed by atoms with E-state index in [0.29, 0.717) is 11.3 Å². The molecular weight excluding hydrogens is 244 g/mol. The molecule has 0 radical (unpaired) electrons. The Kier molecular flexibility index (Phi) is 4.67. The number of rotatable bonds is 3. The minimum Gasteiger partial charge on any atom is -0.465 e. The number of carbonyl (C=O) groups is 2. The highest BCUT2D eigenvalue weighted by Gasteiger charge is 2.28. The van der Waals surface area contributed by atoms with Crippen LogP contribution < -0.4 is 11.1 Å². The van der Waals surface area contributed by atoms with Gasteiger partial charge in [0, 0.05) is 0 Å². The van der Waals surface area contributed by atoms with Crippen molar-refractivity contribution in [3.63, 3.8) is 0 Å². The maximum atomic E-state index is 12.0. The Labute approximate surface area is 113 Å². The molecule has 104 valence electrons. The number of benzene rings is 1. The number of hydrogen-bond donors (Lipinski definition) is 2. The molecule has 19 heavy (non-hydrogen) atoms. The summed E-state index contributed by atoms with van der Waals surface area (Å²) in [4.78, 5) is 23.6. The molecule has 1 unspecified atom stereocenters. The minimum absolute atomic E-state index is 0.305. The van der Waals surface area contributed by atoms with Gasteiger partial charge in [-0.3, -0.25) is 4.79 Å². The monoisotopic (exact) mass is 264 g/mol. The quantitative estimate of drug-likeness (QED) is 0.815. The fourth-order valence-electron chi connectivity index (χ4n) is 1.48. The number of nitrogens with two attached hydrogens (primary N) is 1. The zero-order valence-electron chi connectivity index (χ0n) is 11.7. The Bertz CT molecular complexity index is 478. The molecule has 1 rings (SSSR count). The number of nitrogens with one attached hydrogen (secondary N) is 1. The predicted molar refractivity (Wildman–Crippen MR) is 73.8 cm³/mol. The number of carbonyl (C=O) groups excluding carboxylic acids is 2. The van der Waals surface area contributed by atoms with Crippen LogP contribution in [0, 0.1) is 5.41 Å². The molecule has 0 saturated carbocycles. The highest BCUT2D eigenvalue weighted by molar-refractivity contribution is 6.02. The maximum Gasteiger partial charge on any atom is 0.339 e. The summed E-state index contributed by atoms with van der Waals surface area (Å²) < 4.78 is 4.66. The maximum absolute atomic E-state index is 12.0. The fourth-order valence-corrected chi connectivity index (χ4v) is 1.48. The summed E-state index contributed by atoms with van der Waals surface area (Å²) >= 11 is 0. The van der Waals surface area contributed by atoms with Crippen LogP contribution in [-0.4, -0.2) is 25.0 Å². The Balaban J connectivity index is 2.95. The first-order chi connectivity index (χ1) is 8.77. The van der Waals surface area contributed by atoms with Gasteiger partial charge in [0.05, 0.1) is 24.4 Å². The molecule has 1 amide bonds. The van der Waals surface area contributed by atoms with E-state index < -0.39 is 12.0 Å². The second-order valence-electron chi connectivity index (χ2n) is 5.37. The molecule has 1 atom stereocenters. The van der Waals surface area contributed by atoms with E-state index in [1.54, 1.807) is 24.3 Å². The number of amides is 1. The van der Waals surface area contributed by atoms with E-state index in [1.807, 2.05) is 20.8 Å².